The highest BCUT2D eigenvalue weighted by atomic mass is 19.1. The number of hydrogen-bond donors (Lipinski definition) is 1. The number of ether oxygens (including phenoxy) is 1. The van der Waals surface area contributed by atoms with E-state index in [9.17, 15) is 9.18 Å². The van der Waals surface area contributed by atoms with E-state index in [-0.39, 0.29) is 12.4 Å². The molecule has 0 saturated heterocycles. The Morgan fingerprint density at radius 3 is 2.74 bits per heavy atom. The summed E-state index contributed by atoms with van der Waals surface area (Å²) in [6.45, 7) is 1.88. The molecule has 5 heteroatoms. The number of nitrogens with one attached hydrogen (secondary N) is 1. The third-order valence-corrected chi connectivity index (χ3v) is 2.50. The van der Waals surface area contributed by atoms with E-state index in [0.29, 0.717) is 5.56 Å². The zero-order chi connectivity index (χ0) is 13.7. The quantitative estimate of drug-likeness (QED) is 0.861. The third kappa shape index (κ3) is 3.77. The van der Waals surface area contributed by atoms with E-state index in [0.717, 1.165) is 5.56 Å². The van der Waals surface area contributed by atoms with Gasteiger partial charge in [0.15, 0.2) is 0 Å². The third-order valence-electron chi connectivity index (χ3n) is 2.50. The van der Waals surface area contributed by atoms with Crippen molar-refractivity contribution < 1.29 is 13.9 Å². The molecule has 0 spiro atoms. The van der Waals surface area contributed by atoms with Gasteiger partial charge in [0, 0.05) is 0 Å². The molecule has 0 bridgehead atoms. The van der Waals surface area contributed by atoms with Gasteiger partial charge in [-0.15, -0.1) is 0 Å². The van der Waals surface area contributed by atoms with Crippen molar-refractivity contribution in [3.63, 3.8) is 0 Å². The summed E-state index contributed by atoms with van der Waals surface area (Å²) in [5.74, 6) is -0.484. The van der Waals surface area contributed by atoms with Gasteiger partial charge < -0.3 is 4.74 Å². The molecule has 4 nitrogen and oxygen atoms in total. The number of nitrogens with zero attached hydrogens (tertiary/aromatic N) is 1. The predicted molar refractivity (Wildman–Crippen MR) is 69.2 cm³/mol. The van der Waals surface area contributed by atoms with E-state index in [1.54, 1.807) is 6.92 Å². The van der Waals surface area contributed by atoms with Gasteiger partial charge in [0.2, 0.25) is 5.95 Å². The number of amides is 1. The minimum Gasteiger partial charge on any atom is -0.444 e. The molecule has 0 aliphatic carbocycles. The molecular weight excluding hydrogens is 247 g/mol. The van der Waals surface area contributed by atoms with Gasteiger partial charge in [-0.3, -0.25) is 5.32 Å². The lowest BCUT2D eigenvalue weighted by atomic mass is 10.2. The topological polar surface area (TPSA) is 51.2 Å². The fourth-order valence-corrected chi connectivity index (χ4v) is 1.49. The lowest BCUT2D eigenvalue weighted by Crippen LogP contribution is -2.15. The zero-order valence-corrected chi connectivity index (χ0v) is 10.4. The first-order chi connectivity index (χ1) is 9.15. The Morgan fingerprint density at radius 2 is 2.00 bits per heavy atom. The molecule has 0 aliphatic heterocycles. The smallest absolute Gasteiger partial charge is 0.413 e. The molecule has 0 atom stereocenters. The van der Waals surface area contributed by atoms with E-state index in [2.05, 4.69) is 10.3 Å². The van der Waals surface area contributed by atoms with Crippen LogP contribution in [0.1, 0.15) is 11.1 Å². The lowest BCUT2D eigenvalue weighted by molar-refractivity contribution is 0.155. The summed E-state index contributed by atoms with van der Waals surface area (Å²) in [5.41, 5.74) is 1.54. The van der Waals surface area contributed by atoms with Crippen LogP contribution in [-0.2, 0) is 11.3 Å². The molecular formula is C14H13FN2O2. The molecule has 0 fully saturated rings. The van der Waals surface area contributed by atoms with Crippen molar-refractivity contribution in [2.75, 3.05) is 5.32 Å². The summed E-state index contributed by atoms with van der Waals surface area (Å²) in [6.07, 6.45) is -0.662. The highest BCUT2D eigenvalue weighted by molar-refractivity contribution is 5.84. The Kier molecular flexibility index (Phi) is 4.07. The maximum Gasteiger partial charge on any atom is 0.413 e. The van der Waals surface area contributed by atoms with Crippen LogP contribution in [0.25, 0.3) is 0 Å². The molecule has 2 rings (SSSR count). The van der Waals surface area contributed by atoms with Crippen LogP contribution in [0.15, 0.2) is 42.5 Å². The fourth-order valence-electron chi connectivity index (χ4n) is 1.49. The molecule has 0 aliphatic rings. The second kappa shape index (κ2) is 5.95. The Morgan fingerprint density at radius 1 is 1.26 bits per heavy atom. The van der Waals surface area contributed by atoms with E-state index in [4.69, 9.17) is 4.74 Å². The maximum atomic E-state index is 12.9. The highest BCUT2D eigenvalue weighted by Gasteiger charge is 2.08. The maximum absolute atomic E-state index is 12.9. The average Bonchev–Trinajstić information content (AvgIpc) is 2.42. The summed E-state index contributed by atoms with van der Waals surface area (Å²) >= 11 is 0. The van der Waals surface area contributed by atoms with Crippen LogP contribution in [0.4, 0.5) is 15.0 Å². The van der Waals surface area contributed by atoms with Crippen molar-refractivity contribution in [3.8, 4) is 0 Å². The zero-order valence-electron chi connectivity index (χ0n) is 10.4. The van der Waals surface area contributed by atoms with Gasteiger partial charge in [-0.2, -0.15) is 4.39 Å². The molecule has 1 N–H and O–H groups in total. The second-order valence-corrected chi connectivity index (χ2v) is 3.99. The van der Waals surface area contributed by atoms with Crippen LogP contribution >= 0.6 is 0 Å². The highest BCUT2D eigenvalue weighted by Crippen LogP contribution is 2.12. The van der Waals surface area contributed by atoms with Gasteiger partial charge in [-0.05, 0) is 24.1 Å². The normalized spacial score (nSPS) is 10.0. The molecule has 98 valence electrons. The number of carbonyl (C=O) groups is 1. The number of aryl methyl sites for hydroxylation is 1. The van der Waals surface area contributed by atoms with Crippen LogP contribution in [0, 0.1) is 12.9 Å². The molecule has 19 heavy (non-hydrogen) atoms. The Balaban J connectivity index is 1.93. The summed E-state index contributed by atoms with van der Waals surface area (Å²) in [7, 11) is 0. The summed E-state index contributed by atoms with van der Waals surface area (Å²) in [5, 5.41) is 2.41. The van der Waals surface area contributed by atoms with Crippen LogP contribution in [-0.4, -0.2) is 11.1 Å². The van der Waals surface area contributed by atoms with Crippen LogP contribution in [0.3, 0.4) is 0 Å². The Bertz CT molecular complexity index is 573. The SMILES string of the molecule is Cc1ccc(F)nc1NC(=O)OCc1ccccc1. The van der Waals surface area contributed by atoms with Crippen molar-refractivity contribution in [2.45, 2.75) is 13.5 Å². The monoisotopic (exact) mass is 260 g/mol. The largest absolute Gasteiger partial charge is 0.444 e. The molecule has 2 aromatic rings. The van der Waals surface area contributed by atoms with Gasteiger partial charge in [0.1, 0.15) is 12.4 Å². The van der Waals surface area contributed by atoms with Gasteiger partial charge in [-0.1, -0.05) is 36.4 Å². The summed E-state index contributed by atoms with van der Waals surface area (Å²) < 4.78 is 18.0. The molecule has 1 amide bonds. The standard InChI is InChI=1S/C14H13FN2O2/c1-10-7-8-12(15)16-13(10)17-14(18)19-9-11-5-3-2-4-6-11/h2-8H,9H2,1H3,(H,16,17,18). The van der Waals surface area contributed by atoms with Gasteiger partial charge in [0.25, 0.3) is 0 Å². The number of hydrogen-bond acceptors (Lipinski definition) is 3. The van der Waals surface area contributed by atoms with Crippen molar-refractivity contribution >= 4 is 11.9 Å². The minimum atomic E-state index is -0.662. The molecule has 1 aromatic carbocycles. The molecule has 1 heterocycles. The second-order valence-electron chi connectivity index (χ2n) is 3.99. The van der Waals surface area contributed by atoms with Crippen molar-refractivity contribution in [3.05, 3.63) is 59.5 Å². The summed E-state index contributed by atoms with van der Waals surface area (Å²) in [4.78, 5) is 15.1. The van der Waals surface area contributed by atoms with Crippen LogP contribution in [0.2, 0.25) is 0 Å². The van der Waals surface area contributed by atoms with Gasteiger partial charge in [-0.25, -0.2) is 9.78 Å². The first-order valence-corrected chi connectivity index (χ1v) is 5.76. The molecule has 0 unspecified atom stereocenters. The lowest BCUT2D eigenvalue weighted by Gasteiger charge is -2.08. The van der Waals surface area contributed by atoms with Gasteiger partial charge >= 0.3 is 6.09 Å². The van der Waals surface area contributed by atoms with Gasteiger partial charge in [0.05, 0.1) is 0 Å². The number of carbonyl (C=O) groups excluding carboxylic acids is 1. The predicted octanol–water partition coefficient (Wildman–Crippen LogP) is 3.28. The van der Waals surface area contributed by atoms with Crippen molar-refractivity contribution in [2.24, 2.45) is 0 Å². The fraction of sp³-hybridized carbons (Fsp3) is 0.143. The average molecular weight is 260 g/mol. The number of aromatic nitrogens is 1. The number of anilines is 1. The first kappa shape index (κ1) is 13.0. The van der Waals surface area contributed by atoms with Crippen LogP contribution in [0.5, 0.6) is 0 Å². The molecule has 0 saturated carbocycles. The van der Waals surface area contributed by atoms with E-state index >= 15 is 0 Å². The van der Waals surface area contributed by atoms with Crippen LogP contribution < -0.4 is 5.32 Å². The van der Waals surface area contributed by atoms with E-state index < -0.39 is 12.0 Å². The number of halogens is 1. The number of rotatable bonds is 3. The Hall–Kier alpha value is -2.43. The van der Waals surface area contributed by atoms with Crippen molar-refractivity contribution in [1.82, 2.24) is 4.98 Å². The van der Waals surface area contributed by atoms with E-state index in [1.165, 1.54) is 12.1 Å². The molecule has 0 radical (unpaired) electrons. The minimum absolute atomic E-state index is 0.154. The summed E-state index contributed by atoms with van der Waals surface area (Å²) in [6, 6.07) is 12.1. The van der Waals surface area contributed by atoms with E-state index in [1.807, 2.05) is 30.3 Å². The number of benzene rings is 1. The Labute approximate surface area is 110 Å². The first-order valence-electron chi connectivity index (χ1n) is 5.76. The number of pyridine rings is 1. The van der Waals surface area contributed by atoms with Crippen molar-refractivity contribution in [1.29, 1.82) is 0 Å². The molecule has 1 aromatic heterocycles.